The van der Waals surface area contributed by atoms with Crippen LogP contribution in [0, 0.1) is 0 Å². The monoisotopic (exact) mass is 281 g/mol. The molecule has 0 amide bonds. The van der Waals surface area contributed by atoms with E-state index in [4.69, 9.17) is 5.11 Å². The van der Waals surface area contributed by atoms with Crippen molar-refractivity contribution in [2.24, 2.45) is 0 Å². The zero-order valence-corrected chi connectivity index (χ0v) is 11.2. The number of carboxylic acids is 1. The van der Waals surface area contributed by atoms with Crippen LogP contribution in [0.25, 0.3) is 0 Å². The molecule has 0 saturated heterocycles. The number of benzene rings is 1. The van der Waals surface area contributed by atoms with Crippen molar-refractivity contribution in [3.63, 3.8) is 0 Å². The van der Waals surface area contributed by atoms with Gasteiger partial charge in [0.2, 0.25) is 10.0 Å². The molecule has 102 valence electrons. The number of hydrogen-bond donors (Lipinski definition) is 1. The molecule has 1 N–H and O–H groups in total. The largest absolute Gasteiger partial charge is 0.478 e. The molecule has 2 aliphatic rings. The van der Waals surface area contributed by atoms with E-state index < -0.39 is 16.0 Å². The summed E-state index contributed by atoms with van der Waals surface area (Å²) in [6, 6.07) is 4.96. The van der Waals surface area contributed by atoms with Crippen molar-refractivity contribution >= 4 is 16.0 Å². The van der Waals surface area contributed by atoms with E-state index >= 15 is 0 Å². The zero-order valence-electron chi connectivity index (χ0n) is 10.4. The Morgan fingerprint density at radius 2 is 2.00 bits per heavy atom. The maximum atomic E-state index is 12.2. The van der Waals surface area contributed by atoms with Crippen LogP contribution in [0.3, 0.4) is 0 Å². The van der Waals surface area contributed by atoms with Crippen LogP contribution in [0.4, 0.5) is 0 Å². The summed E-state index contributed by atoms with van der Waals surface area (Å²) in [7, 11) is -3.18. The number of sulfonamides is 1. The molecule has 1 saturated carbocycles. The quantitative estimate of drug-likeness (QED) is 0.904. The molecule has 0 bridgehead atoms. The van der Waals surface area contributed by atoms with Crippen LogP contribution in [-0.2, 0) is 23.0 Å². The highest BCUT2D eigenvalue weighted by atomic mass is 32.2. The standard InChI is InChI=1S/C13H15NO4S/c15-13(16)10-2-1-9-5-6-14(8-11(9)7-10)19(17,18)12-3-4-12/h1-2,7,12H,3-6,8H2,(H,15,16). The molecule has 1 heterocycles. The second-order valence-electron chi connectivity index (χ2n) is 5.12. The molecule has 1 aromatic rings. The zero-order chi connectivity index (χ0) is 13.6. The molecule has 1 aromatic carbocycles. The first kappa shape index (κ1) is 12.6. The molecule has 5 nitrogen and oxygen atoms in total. The molecular weight excluding hydrogens is 266 g/mol. The molecule has 6 heteroatoms. The van der Waals surface area contributed by atoms with Crippen LogP contribution in [-0.4, -0.2) is 35.6 Å². The number of fused-ring (bicyclic) bond motifs is 1. The van der Waals surface area contributed by atoms with Gasteiger partial charge in [-0.15, -0.1) is 0 Å². The number of carboxylic acid groups (broad SMARTS) is 1. The SMILES string of the molecule is O=C(O)c1ccc2c(c1)CN(S(=O)(=O)C1CC1)CC2. The van der Waals surface area contributed by atoms with E-state index in [-0.39, 0.29) is 10.8 Å². The van der Waals surface area contributed by atoms with Gasteiger partial charge in [-0.1, -0.05) is 6.07 Å². The van der Waals surface area contributed by atoms with Gasteiger partial charge in [0.05, 0.1) is 10.8 Å². The van der Waals surface area contributed by atoms with Gasteiger partial charge in [-0.2, -0.15) is 4.31 Å². The maximum absolute atomic E-state index is 12.2. The highest BCUT2D eigenvalue weighted by Gasteiger charge is 2.40. The number of aromatic carboxylic acids is 1. The molecule has 1 aliphatic carbocycles. The lowest BCUT2D eigenvalue weighted by molar-refractivity contribution is 0.0696. The molecule has 1 fully saturated rings. The summed E-state index contributed by atoms with van der Waals surface area (Å²) in [5, 5.41) is 8.77. The Labute approximate surface area is 111 Å². The first-order chi connectivity index (χ1) is 8.98. The predicted molar refractivity (Wildman–Crippen MR) is 69.5 cm³/mol. The average molecular weight is 281 g/mol. The fraction of sp³-hybridized carbons (Fsp3) is 0.462. The third-order valence-electron chi connectivity index (χ3n) is 3.74. The van der Waals surface area contributed by atoms with Gasteiger partial charge < -0.3 is 5.11 Å². The van der Waals surface area contributed by atoms with Gasteiger partial charge in [0.15, 0.2) is 0 Å². The first-order valence-electron chi connectivity index (χ1n) is 6.32. The Kier molecular flexibility index (Phi) is 2.87. The van der Waals surface area contributed by atoms with Crippen molar-refractivity contribution in [1.29, 1.82) is 0 Å². The van der Waals surface area contributed by atoms with E-state index in [2.05, 4.69) is 0 Å². The van der Waals surface area contributed by atoms with Gasteiger partial charge in [-0.3, -0.25) is 0 Å². The lowest BCUT2D eigenvalue weighted by atomic mass is 9.99. The van der Waals surface area contributed by atoms with Gasteiger partial charge >= 0.3 is 5.97 Å². The van der Waals surface area contributed by atoms with Gasteiger partial charge in [0, 0.05) is 13.1 Å². The Hall–Kier alpha value is -1.40. The topological polar surface area (TPSA) is 74.7 Å². The molecule has 1 aliphatic heterocycles. The second-order valence-corrected chi connectivity index (χ2v) is 7.33. The van der Waals surface area contributed by atoms with E-state index in [9.17, 15) is 13.2 Å². The van der Waals surface area contributed by atoms with Gasteiger partial charge in [-0.05, 0) is 42.5 Å². The minimum atomic E-state index is -3.18. The molecule has 19 heavy (non-hydrogen) atoms. The Morgan fingerprint density at radius 1 is 1.26 bits per heavy atom. The van der Waals surface area contributed by atoms with Crippen LogP contribution < -0.4 is 0 Å². The third-order valence-corrected chi connectivity index (χ3v) is 6.08. The summed E-state index contributed by atoms with van der Waals surface area (Å²) in [4.78, 5) is 11.0. The maximum Gasteiger partial charge on any atom is 0.335 e. The predicted octanol–water partition coefficient (Wildman–Crippen LogP) is 1.24. The van der Waals surface area contributed by atoms with Crippen LogP contribution in [0.2, 0.25) is 0 Å². The normalized spacial score (nSPS) is 20.0. The van der Waals surface area contributed by atoms with Gasteiger partial charge in [0.25, 0.3) is 0 Å². The number of carbonyl (C=O) groups is 1. The lowest BCUT2D eigenvalue weighted by Gasteiger charge is -2.28. The van der Waals surface area contributed by atoms with E-state index in [0.717, 1.165) is 24.0 Å². The van der Waals surface area contributed by atoms with Crippen LogP contribution in [0.15, 0.2) is 18.2 Å². The van der Waals surface area contributed by atoms with Gasteiger partial charge in [0.1, 0.15) is 0 Å². The number of hydrogen-bond acceptors (Lipinski definition) is 3. The molecule has 3 rings (SSSR count). The minimum absolute atomic E-state index is 0.211. The number of nitrogens with zero attached hydrogens (tertiary/aromatic N) is 1. The molecule has 0 spiro atoms. The van der Waals surface area contributed by atoms with E-state index in [1.54, 1.807) is 18.2 Å². The number of rotatable bonds is 3. The molecule has 0 aromatic heterocycles. The first-order valence-corrected chi connectivity index (χ1v) is 7.83. The fourth-order valence-corrected chi connectivity index (χ4v) is 4.28. The van der Waals surface area contributed by atoms with Crippen LogP contribution in [0.5, 0.6) is 0 Å². The van der Waals surface area contributed by atoms with Crippen molar-refractivity contribution in [2.45, 2.75) is 31.1 Å². The summed E-state index contributed by atoms with van der Waals surface area (Å²) in [6.45, 7) is 0.799. The lowest BCUT2D eigenvalue weighted by Crippen LogP contribution is -2.38. The summed E-state index contributed by atoms with van der Waals surface area (Å²) >= 11 is 0. The van der Waals surface area contributed by atoms with Crippen molar-refractivity contribution < 1.29 is 18.3 Å². The second kappa shape index (κ2) is 4.31. The van der Waals surface area contributed by atoms with Crippen LogP contribution in [0.1, 0.15) is 34.3 Å². The Bertz CT molecular complexity index is 634. The Balaban J connectivity index is 1.90. The average Bonchev–Trinajstić information content (AvgIpc) is 3.21. The minimum Gasteiger partial charge on any atom is -0.478 e. The van der Waals surface area contributed by atoms with Gasteiger partial charge in [-0.25, -0.2) is 13.2 Å². The molecule has 0 atom stereocenters. The summed E-state index contributed by atoms with van der Waals surface area (Å²) in [6.07, 6.45) is 2.16. The highest BCUT2D eigenvalue weighted by molar-refractivity contribution is 7.90. The van der Waals surface area contributed by atoms with Crippen molar-refractivity contribution in [3.8, 4) is 0 Å². The van der Waals surface area contributed by atoms with Crippen molar-refractivity contribution in [1.82, 2.24) is 4.31 Å². The van der Waals surface area contributed by atoms with Crippen molar-refractivity contribution in [3.05, 3.63) is 34.9 Å². The third kappa shape index (κ3) is 2.26. The van der Waals surface area contributed by atoms with Crippen LogP contribution >= 0.6 is 0 Å². The highest BCUT2D eigenvalue weighted by Crippen LogP contribution is 2.33. The molecule has 0 radical (unpaired) electrons. The van der Waals surface area contributed by atoms with E-state index in [1.807, 2.05) is 0 Å². The fourth-order valence-electron chi connectivity index (χ4n) is 2.46. The summed E-state index contributed by atoms with van der Waals surface area (Å²) in [5.74, 6) is -0.982. The molecule has 0 unspecified atom stereocenters. The molecular formula is C13H15NO4S. The van der Waals surface area contributed by atoms with E-state index in [0.29, 0.717) is 19.5 Å². The Morgan fingerprint density at radius 3 is 2.63 bits per heavy atom. The van der Waals surface area contributed by atoms with Crippen molar-refractivity contribution in [2.75, 3.05) is 6.54 Å². The summed E-state index contributed by atoms with van der Waals surface area (Å²) < 4.78 is 25.9. The smallest absolute Gasteiger partial charge is 0.335 e. The summed E-state index contributed by atoms with van der Waals surface area (Å²) in [5.41, 5.74) is 2.08. The van der Waals surface area contributed by atoms with E-state index in [1.165, 1.54) is 4.31 Å².